The molecule has 15 nitrogen and oxygen atoms in total. The minimum absolute atomic E-state index is 0.112. The molecule has 0 aliphatic heterocycles. The van der Waals surface area contributed by atoms with Crippen molar-refractivity contribution < 1.29 is 44.2 Å². The van der Waals surface area contributed by atoms with Crippen molar-refractivity contribution in [1.82, 2.24) is 19.9 Å². The van der Waals surface area contributed by atoms with Gasteiger partial charge in [-0.05, 0) is 72.9 Å². The van der Waals surface area contributed by atoms with Crippen LogP contribution in [0.1, 0.15) is 75.8 Å². The van der Waals surface area contributed by atoms with Gasteiger partial charge in [0.2, 0.25) is 31.3 Å². The van der Waals surface area contributed by atoms with Gasteiger partial charge in [0.15, 0.2) is 33.6 Å². The molecule has 2 aliphatic carbocycles. The molecule has 2 heterocycles. The third-order valence-corrected chi connectivity index (χ3v) is 12.7. The normalized spacial score (nSPS) is 17.3. The van der Waals surface area contributed by atoms with E-state index < -0.39 is 89.0 Å². The Balaban J connectivity index is 0.000000265. The zero-order chi connectivity index (χ0) is 45.8. The van der Waals surface area contributed by atoms with Gasteiger partial charge >= 0.3 is 22.9 Å². The maximum atomic E-state index is 13.6. The molecule has 4 aromatic rings. The Bertz CT molecular complexity index is 2350. The summed E-state index contributed by atoms with van der Waals surface area (Å²) in [5.41, 5.74) is 0.166. The highest BCUT2D eigenvalue weighted by molar-refractivity contribution is 7.99. The molecule has 4 atom stereocenters. The minimum atomic E-state index is -4.02. The van der Waals surface area contributed by atoms with Gasteiger partial charge in [0.05, 0.1) is 22.1 Å². The monoisotopic (exact) mass is 991 g/mol. The van der Waals surface area contributed by atoms with Crippen LogP contribution in [-0.2, 0) is 21.6 Å². The van der Waals surface area contributed by atoms with E-state index in [0.717, 1.165) is 59.7 Å². The lowest BCUT2D eigenvalue weighted by molar-refractivity contribution is -0.385. The van der Waals surface area contributed by atoms with E-state index in [1.807, 2.05) is 13.8 Å². The standard InChI is InChI=1S/C17H17ClF2N4O4S2.C11H12F2.C7H7Cl2N3O2S.O2S/c1-3-6-29-17-21-15(18)14(24(25)26)16(22-17)23(30(2,27)28)13-8-10(13)9-4-5-11(19)12(20)7-9;1-2-7-5-9(7)8-3-4-10(12)11(13)6-8;1-2-3-15-7-10-5(8)4(12(13)14)6(9)11-7;1-3-2/h4-5,7,10,13H,3,6,8H2,1-2H3;3-4,6-7,9H,2,5H2,1H3;2-3H2,1H3;/t10-,13+;7-,9-;;/m01../s1. The SMILES string of the molecule is CCCSc1nc(Cl)c([N+](=O)[O-])c(Cl)n1.CCCSc1nc(Cl)c([N+](=O)[O-])c(N([C@@H]2C[C@H]2c2ccc(F)c(F)c2)S(C)(=O)=O)n1.CC[C@@H]1C[C@H]1c1ccc(F)c(F)c1.O=S=O. The molecule has 0 amide bonds. The first kappa shape index (κ1) is 51.6. The second-order valence-corrected chi connectivity index (χ2v) is 18.2. The molecule has 2 aliphatic rings. The fourth-order valence-electron chi connectivity index (χ4n) is 5.71. The lowest BCUT2D eigenvalue weighted by Crippen LogP contribution is -2.34. The number of halogens is 7. The summed E-state index contributed by atoms with van der Waals surface area (Å²) in [6.07, 6.45) is 5.13. The average molecular weight is 993 g/mol. The van der Waals surface area contributed by atoms with Crippen LogP contribution in [0, 0.1) is 49.4 Å². The van der Waals surface area contributed by atoms with Crippen LogP contribution in [0.2, 0.25) is 15.5 Å². The van der Waals surface area contributed by atoms with Gasteiger partial charge in [-0.15, -0.1) is 0 Å². The molecule has 2 aromatic heterocycles. The number of nitro groups is 2. The van der Waals surface area contributed by atoms with E-state index in [9.17, 15) is 46.2 Å². The van der Waals surface area contributed by atoms with Gasteiger partial charge in [-0.25, -0.2) is 45.2 Å². The van der Waals surface area contributed by atoms with Gasteiger partial charge in [-0.1, -0.05) is 97.7 Å². The van der Waals surface area contributed by atoms with E-state index in [-0.39, 0.29) is 21.9 Å². The molecule has 26 heteroatoms. The molecule has 61 heavy (non-hydrogen) atoms. The Labute approximate surface area is 374 Å². The predicted octanol–water partition coefficient (Wildman–Crippen LogP) is 10.1. The lowest BCUT2D eigenvalue weighted by Gasteiger charge is -2.22. The van der Waals surface area contributed by atoms with Crippen molar-refractivity contribution in [3.8, 4) is 0 Å². The second kappa shape index (κ2) is 23.6. The smallest absolute Gasteiger partial charge is 0.258 e. The molecule has 2 saturated carbocycles. The molecular formula is C35H36Cl3F4N7O8S4. The first-order valence-corrected chi connectivity index (χ1v) is 23.5. The molecule has 2 aromatic carbocycles. The maximum Gasteiger partial charge on any atom is 0.349 e. The first-order valence-electron chi connectivity index (χ1n) is 17.9. The minimum Gasteiger partial charge on any atom is -0.258 e. The lowest BCUT2D eigenvalue weighted by atomic mass is 10.1. The number of thioether (sulfide) groups is 2. The van der Waals surface area contributed by atoms with E-state index in [4.69, 9.17) is 43.2 Å². The number of hydrogen-bond acceptors (Lipinski definition) is 14. The number of benzene rings is 2. The van der Waals surface area contributed by atoms with Gasteiger partial charge in [-0.3, -0.25) is 20.2 Å². The molecule has 0 radical (unpaired) electrons. The maximum absolute atomic E-state index is 13.6. The Morgan fingerprint density at radius 3 is 1.52 bits per heavy atom. The van der Waals surface area contributed by atoms with E-state index in [1.54, 1.807) is 6.07 Å². The van der Waals surface area contributed by atoms with Crippen molar-refractivity contribution >= 4 is 97.1 Å². The van der Waals surface area contributed by atoms with Crippen molar-refractivity contribution in [2.75, 3.05) is 22.1 Å². The zero-order valence-electron chi connectivity index (χ0n) is 32.4. The number of nitrogens with zero attached hydrogens (tertiary/aromatic N) is 7. The average Bonchev–Trinajstić information content (AvgIpc) is 4.11. The number of rotatable bonds is 14. The van der Waals surface area contributed by atoms with E-state index in [0.29, 0.717) is 28.3 Å². The fraction of sp³-hybridized carbons (Fsp3) is 0.429. The largest absolute Gasteiger partial charge is 0.349 e. The Hall–Kier alpha value is -3.74. The molecule has 2 fully saturated rings. The molecule has 0 bridgehead atoms. The number of aromatic nitrogens is 4. The molecule has 6 rings (SSSR count). The van der Waals surface area contributed by atoms with E-state index in [1.165, 1.54) is 41.7 Å². The molecular weight excluding hydrogens is 957 g/mol. The van der Waals surface area contributed by atoms with Crippen LogP contribution in [0.15, 0.2) is 46.7 Å². The summed E-state index contributed by atoms with van der Waals surface area (Å²) in [6, 6.07) is 6.79. The third-order valence-electron chi connectivity index (χ3n) is 8.63. The summed E-state index contributed by atoms with van der Waals surface area (Å²) >= 11 is 19.0. The van der Waals surface area contributed by atoms with Gasteiger partial charge in [0.1, 0.15) is 0 Å². The van der Waals surface area contributed by atoms with Crippen LogP contribution < -0.4 is 4.31 Å². The van der Waals surface area contributed by atoms with Gasteiger partial charge in [0, 0.05) is 17.4 Å². The Morgan fingerprint density at radius 2 is 1.15 bits per heavy atom. The van der Waals surface area contributed by atoms with Crippen molar-refractivity contribution in [3.63, 3.8) is 0 Å². The highest BCUT2D eigenvalue weighted by Gasteiger charge is 2.50. The van der Waals surface area contributed by atoms with Crippen LogP contribution in [-0.4, -0.2) is 70.4 Å². The number of anilines is 1. The van der Waals surface area contributed by atoms with Gasteiger partial charge in [-0.2, -0.15) is 13.4 Å². The van der Waals surface area contributed by atoms with Gasteiger partial charge in [0.25, 0.3) is 0 Å². The van der Waals surface area contributed by atoms with Crippen LogP contribution in [0.3, 0.4) is 0 Å². The van der Waals surface area contributed by atoms with Crippen molar-refractivity contribution in [1.29, 1.82) is 0 Å². The fourth-order valence-corrected chi connectivity index (χ4v) is 9.18. The summed E-state index contributed by atoms with van der Waals surface area (Å²) < 4.78 is 94.8. The summed E-state index contributed by atoms with van der Waals surface area (Å²) in [4.78, 5) is 36.2. The Kier molecular flexibility index (Phi) is 20.0. The van der Waals surface area contributed by atoms with Crippen molar-refractivity contribution in [3.05, 3.63) is 106 Å². The first-order chi connectivity index (χ1) is 28.7. The molecule has 0 saturated heterocycles. The molecule has 332 valence electrons. The van der Waals surface area contributed by atoms with Crippen LogP contribution in [0.5, 0.6) is 0 Å². The van der Waals surface area contributed by atoms with Gasteiger partial charge < -0.3 is 0 Å². The molecule has 0 spiro atoms. The third kappa shape index (κ3) is 14.7. The summed E-state index contributed by atoms with van der Waals surface area (Å²) in [5, 5.41) is 21.7. The van der Waals surface area contributed by atoms with Crippen LogP contribution in [0.25, 0.3) is 0 Å². The molecule has 0 unspecified atom stereocenters. The summed E-state index contributed by atoms with van der Waals surface area (Å²) in [5.74, 6) is -1.89. The quantitative estimate of drug-likeness (QED) is 0.0288. The highest BCUT2D eigenvalue weighted by Crippen LogP contribution is 2.50. The highest BCUT2D eigenvalue weighted by atomic mass is 35.5. The second-order valence-electron chi connectivity index (χ2n) is 13.0. The van der Waals surface area contributed by atoms with E-state index in [2.05, 4.69) is 26.9 Å². The zero-order valence-corrected chi connectivity index (χ0v) is 37.9. The summed E-state index contributed by atoms with van der Waals surface area (Å²) in [6.45, 7) is 6.05. The summed E-state index contributed by atoms with van der Waals surface area (Å²) in [7, 11) is -4.02. The Morgan fingerprint density at radius 1 is 0.721 bits per heavy atom. The van der Waals surface area contributed by atoms with E-state index >= 15 is 0 Å². The van der Waals surface area contributed by atoms with Crippen LogP contribution in [0.4, 0.5) is 34.8 Å². The van der Waals surface area contributed by atoms with Crippen molar-refractivity contribution in [2.45, 2.75) is 81.1 Å². The number of hydrogen-bond donors (Lipinski definition) is 0. The molecule has 0 N–H and O–H groups in total. The van der Waals surface area contributed by atoms with Crippen molar-refractivity contribution in [2.24, 2.45) is 5.92 Å². The topological polar surface area (TPSA) is 209 Å². The predicted molar refractivity (Wildman–Crippen MR) is 226 cm³/mol. The van der Waals surface area contributed by atoms with Crippen LogP contribution >= 0.6 is 58.3 Å². The number of sulfonamides is 1.